The molecule has 1 saturated heterocycles. The molecule has 0 aliphatic carbocycles. The van der Waals surface area contributed by atoms with Crippen LogP contribution in [0.3, 0.4) is 0 Å². The predicted octanol–water partition coefficient (Wildman–Crippen LogP) is 3.42. The summed E-state index contributed by atoms with van der Waals surface area (Å²) in [4.78, 5) is 21.1. The van der Waals surface area contributed by atoms with Gasteiger partial charge in [0, 0.05) is 25.0 Å². The minimum Gasteiger partial charge on any atom is -0.465 e. The van der Waals surface area contributed by atoms with E-state index in [1.165, 1.54) is 23.4 Å². The van der Waals surface area contributed by atoms with Crippen LogP contribution in [-0.4, -0.2) is 43.7 Å². The number of carboxylic acid groups (broad SMARTS) is 1. The van der Waals surface area contributed by atoms with Crippen molar-refractivity contribution in [3.8, 4) is 5.69 Å². The average Bonchev–Trinajstić information content (AvgIpc) is 3.02. The van der Waals surface area contributed by atoms with Crippen LogP contribution in [0.25, 0.3) is 16.7 Å². The Bertz CT molecular complexity index is 914. The SMILES string of the molecule is O=C(O)N1CCC(c2cn(-c3ccc(F)cc3)c3cncnc23)CC1. The van der Waals surface area contributed by atoms with Gasteiger partial charge in [-0.3, -0.25) is 0 Å². The molecule has 1 amide bonds. The van der Waals surface area contributed by atoms with Crippen molar-refractivity contribution in [2.75, 3.05) is 13.1 Å². The zero-order chi connectivity index (χ0) is 17.4. The van der Waals surface area contributed by atoms with E-state index < -0.39 is 6.09 Å². The molecule has 0 atom stereocenters. The molecule has 1 fully saturated rings. The van der Waals surface area contributed by atoms with Gasteiger partial charge in [-0.2, -0.15) is 0 Å². The van der Waals surface area contributed by atoms with Crippen LogP contribution < -0.4 is 0 Å². The lowest BCUT2D eigenvalue weighted by atomic mass is 9.90. The first-order valence-electron chi connectivity index (χ1n) is 8.18. The third-order valence-corrected chi connectivity index (χ3v) is 4.80. The number of halogens is 1. The van der Waals surface area contributed by atoms with Crippen molar-refractivity contribution in [2.24, 2.45) is 0 Å². The molecule has 3 aromatic rings. The fourth-order valence-electron chi connectivity index (χ4n) is 3.49. The molecule has 3 heterocycles. The molecule has 4 rings (SSSR count). The summed E-state index contributed by atoms with van der Waals surface area (Å²) in [5.41, 5.74) is 3.67. The smallest absolute Gasteiger partial charge is 0.407 e. The molecule has 6 nitrogen and oxygen atoms in total. The van der Waals surface area contributed by atoms with Gasteiger partial charge in [-0.25, -0.2) is 19.2 Å². The summed E-state index contributed by atoms with van der Waals surface area (Å²) < 4.78 is 15.2. The van der Waals surface area contributed by atoms with Crippen LogP contribution in [0.2, 0.25) is 0 Å². The summed E-state index contributed by atoms with van der Waals surface area (Å²) in [6.07, 6.45) is 5.95. The first-order chi connectivity index (χ1) is 12.1. The Morgan fingerprint density at radius 1 is 1.20 bits per heavy atom. The molecule has 25 heavy (non-hydrogen) atoms. The monoisotopic (exact) mass is 340 g/mol. The summed E-state index contributed by atoms with van der Waals surface area (Å²) in [5.74, 6) is -0.0348. The van der Waals surface area contributed by atoms with Gasteiger partial charge in [0.05, 0.1) is 17.2 Å². The van der Waals surface area contributed by atoms with Gasteiger partial charge in [0.15, 0.2) is 0 Å². The van der Waals surface area contributed by atoms with Crippen LogP contribution >= 0.6 is 0 Å². The molecule has 0 bridgehead atoms. The maximum absolute atomic E-state index is 13.2. The van der Waals surface area contributed by atoms with Gasteiger partial charge >= 0.3 is 6.09 Å². The fraction of sp³-hybridized carbons (Fsp3) is 0.278. The van der Waals surface area contributed by atoms with Gasteiger partial charge in [-0.1, -0.05) is 0 Å². The van der Waals surface area contributed by atoms with E-state index in [0.29, 0.717) is 13.1 Å². The highest BCUT2D eigenvalue weighted by Crippen LogP contribution is 2.34. The fourth-order valence-corrected chi connectivity index (χ4v) is 3.49. The van der Waals surface area contributed by atoms with Crippen LogP contribution in [0.5, 0.6) is 0 Å². The summed E-state index contributed by atoms with van der Waals surface area (Å²) in [5, 5.41) is 9.11. The van der Waals surface area contributed by atoms with Gasteiger partial charge in [-0.05, 0) is 48.6 Å². The highest BCUT2D eigenvalue weighted by atomic mass is 19.1. The van der Waals surface area contributed by atoms with E-state index >= 15 is 0 Å². The first-order valence-corrected chi connectivity index (χ1v) is 8.18. The van der Waals surface area contributed by atoms with Crippen LogP contribution in [0, 0.1) is 5.82 Å². The van der Waals surface area contributed by atoms with E-state index in [2.05, 4.69) is 9.97 Å². The molecule has 1 aromatic carbocycles. The maximum atomic E-state index is 13.2. The molecule has 2 aromatic heterocycles. The number of likely N-dealkylation sites (tertiary alicyclic amines) is 1. The highest BCUT2D eigenvalue weighted by molar-refractivity contribution is 5.81. The minimum atomic E-state index is -0.866. The molecular formula is C18H17FN4O2. The molecule has 1 N–H and O–H groups in total. The Labute approximate surface area is 143 Å². The van der Waals surface area contributed by atoms with E-state index in [1.807, 2.05) is 10.8 Å². The molecule has 0 radical (unpaired) electrons. The molecular weight excluding hydrogens is 323 g/mol. The maximum Gasteiger partial charge on any atom is 0.407 e. The van der Waals surface area contributed by atoms with Gasteiger partial charge in [-0.15, -0.1) is 0 Å². The second kappa shape index (κ2) is 6.16. The third-order valence-electron chi connectivity index (χ3n) is 4.80. The van der Waals surface area contributed by atoms with Gasteiger partial charge in [0.25, 0.3) is 0 Å². The van der Waals surface area contributed by atoms with Gasteiger partial charge < -0.3 is 14.6 Å². The molecule has 1 aliphatic rings. The standard InChI is InChI=1S/C18H17FN4O2/c19-13-1-3-14(4-2-13)23-10-15(17-16(23)9-20-11-21-17)12-5-7-22(8-6-12)18(24)25/h1-4,9-12H,5-8H2,(H,24,25). The summed E-state index contributed by atoms with van der Waals surface area (Å²) in [6.45, 7) is 1.04. The van der Waals surface area contributed by atoms with E-state index in [0.717, 1.165) is 35.1 Å². The number of fused-ring (bicyclic) bond motifs is 1. The molecule has 0 unspecified atom stereocenters. The van der Waals surface area contributed by atoms with E-state index in [-0.39, 0.29) is 11.7 Å². The number of benzene rings is 1. The Hall–Kier alpha value is -2.96. The normalized spacial score (nSPS) is 15.6. The quantitative estimate of drug-likeness (QED) is 0.776. The van der Waals surface area contributed by atoms with Crippen molar-refractivity contribution in [3.05, 3.63) is 54.4 Å². The lowest BCUT2D eigenvalue weighted by Crippen LogP contribution is -2.36. The number of amides is 1. The van der Waals surface area contributed by atoms with Crippen LogP contribution in [0.1, 0.15) is 24.3 Å². The van der Waals surface area contributed by atoms with Crippen molar-refractivity contribution in [1.29, 1.82) is 0 Å². The van der Waals surface area contributed by atoms with Gasteiger partial charge in [0.1, 0.15) is 12.1 Å². The minimum absolute atomic E-state index is 0.245. The third kappa shape index (κ3) is 2.82. The number of hydrogen-bond donors (Lipinski definition) is 1. The lowest BCUT2D eigenvalue weighted by molar-refractivity contribution is 0.132. The average molecular weight is 340 g/mol. The zero-order valence-corrected chi connectivity index (χ0v) is 13.5. The van der Waals surface area contributed by atoms with Crippen molar-refractivity contribution in [3.63, 3.8) is 0 Å². The highest BCUT2D eigenvalue weighted by Gasteiger charge is 2.26. The van der Waals surface area contributed by atoms with E-state index in [4.69, 9.17) is 5.11 Å². The molecule has 7 heteroatoms. The predicted molar refractivity (Wildman–Crippen MR) is 90.4 cm³/mol. The number of rotatable bonds is 2. The number of carbonyl (C=O) groups is 1. The second-order valence-electron chi connectivity index (χ2n) is 6.23. The first kappa shape index (κ1) is 15.6. The zero-order valence-electron chi connectivity index (χ0n) is 13.5. The number of hydrogen-bond acceptors (Lipinski definition) is 3. The Kier molecular flexibility index (Phi) is 3.83. The topological polar surface area (TPSA) is 71.2 Å². The number of nitrogens with zero attached hydrogens (tertiary/aromatic N) is 4. The van der Waals surface area contributed by atoms with E-state index in [1.54, 1.807) is 18.3 Å². The summed E-state index contributed by atoms with van der Waals surface area (Å²) >= 11 is 0. The molecule has 128 valence electrons. The van der Waals surface area contributed by atoms with E-state index in [9.17, 15) is 9.18 Å². The summed E-state index contributed by atoms with van der Waals surface area (Å²) in [7, 11) is 0. The van der Waals surface area contributed by atoms with Crippen molar-refractivity contribution < 1.29 is 14.3 Å². The van der Waals surface area contributed by atoms with Crippen LogP contribution in [0.15, 0.2) is 43.0 Å². The Morgan fingerprint density at radius 2 is 1.92 bits per heavy atom. The Morgan fingerprint density at radius 3 is 2.60 bits per heavy atom. The number of aromatic nitrogens is 3. The number of piperidine rings is 1. The van der Waals surface area contributed by atoms with Crippen molar-refractivity contribution in [1.82, 2.24) is 19.4 Å². The van der Waals surface area contributed by atoms with Crippen LogP contribution in [-0.2, 0) is 0 Å². The van der Waals surface area contributed by atoms with Gasteiger partial charge in [0.2, 0.25) is 0 Å². The largest absolute Gasteiger partial charge is 0.465 e. The van der Waals surface area contributed by atoms with Crippen LogP contribution in [0.4, 0.5) is 9.18 Å². The molecule has 0 spiro atoms. The molecule has 1 aliphatic heterocycles. The second-order valence-corrected chi connectivity index (χ2v) is 6.23. The Balaban J connectivity index is 1.73. The molecule has 0 saturated carbocycles. The lowest BCUT2D eigenvalue weighted by Gasteiger charge is -2.29. The summed E-state index contributed by atoms with van der Waals surface area (Å²) in [6, 6.07) is 6.29. The van der Waals surface area contributed by atoms with Crippen molar-refractivity contribution >= 4 is 17.1 Å². The van der Waals surface area contributed by atoms with Crippen molar-refractivity contribution in [2.45, 2.75) is 18.8 Å².